The van der Waals surface area contributed by atoms with E-state index in [9.17, 15) is 14.3 Å². The maximum atomic E-state index is 11.8. The molecular formula is C21H31N4O6P. The van der Waals surface area contributed by atoms with E-state index in [0.717, 1.165) is 5.56 Å². The zero-order valence-electron chi connectivity index (χ0n) is 18.8. The minimum atomic E-state index is -4.41. The Morgan fingerprint density at radius 2 is 1.97 bits per heavy atom. The van der Waals surface area contributed by atoms with E-state index in [1.54, 1.807) is 20.0 Å². The van der Waals surface area contributed by atoms with Gasteiger partial charge in [0.05, 0.1) is 24.5 Å². The lowest BCUT2D eigenvalue weighted by molar-refractivity contribution is -0.143. The molecule has 0 aromatic heterocycles. The summed E-state index contributed by atoms with van der Waals surface area (Å²) in [5.74, 6) is -0.396. The number of benzene rings is 1. The zero-order valence-corrected chi connectivity index (χ0v) is 19.6. The van der Waals surface area contributed by atoms with E-state index in [4.69, 9.17) is 21.2 Å². The summed E-state index contributed by atoms with van der Waals surface area (Å²) in [6.45, 7) is 7.27. The van der Waals surface area contributed by atoms with Crippen molar-refractivity contribution < 1.29 is 28.0 Å². The van der Waals surface area contributed by atoms with Crippen LogP contribution < -0.4 is 10.6 Å². The van der Waals surface area contributed by atoms with Crippen molar-refractivity contribution in [1.29, 1.82) is 5.53 Å². The lowest BCUT2D eigenvalue weighted by Crippen LogP contribution is -2.34. The van der Waals surface area contributed by atoms with Gasteiger partial charge in [-0.3, -0.25) is 19.5 Å². The van der Waals surface area contributed by atoms with E-state index in [1.807, 2.05) is 44.2 Å². The summed E-state index contributed by atoms with van der Waals surface area (Å²) >= 11 is 0. The van der Waals surface area contributed by atoms with Crippen molar-refractivity contribution in [2.45, 2.75) is 46.3 Å². The number of rotatable bonds is 14. The number of esters is 1. The van der Waals surface area contributed by atoms with Crippen molar-refractivity contribution in [1.82, 2.24) is 10.6 Å². The van der Waals surface area contributed by atoms with E-state index in [0.29, 0.717) is 5.70 Å². The standard InChI is InChI=1S/C21H31N4O6P/c1-6-30-32(27,28)31-21(4,5)15-20(2,3)18(25-22)12-23-16-24-13-19(26)29-14-17-10-8-7-9-11-17/h1,7-12,22-24H,13-16H2,2-5H3,(H,27,28)/b18-12-,25-22?. The highest BCUT2D eigenvalue weighted by molar-refractivity contribution is 7.47. The Morgan fingerprint density at radius 3 is 2.56 bits per heavy atom. The molecule has 1 aromatic rings. The number of nitrogens with one attached hydrogen (secondary N) is 3. The Kier molecular flexibility index (Phi) is 10.6. The van der Waals surface area contributed by atoms with Crippen molar-refractivity contribution in [3.63, 3.8) is 0 Å². The van der Waals surface area contributed by atoms with Gasteiger partial charge in [-0.15, -0.1) is 0 Å². The number of allylic oxidation sites excluding steroid dienone is 1. The van der Waals surface area contributed by atoms with Gasteiger partial charge in [0.15, 0.2) is 0 Å². The number of ether oxygens (including phenoxy) is 1. The molecule has 1 unspecified atom stereocenters. The van der Waals surface area contributed by atoms with Gasteiger partial charge in [0, 0.05) is 11.6 Å². The second-order valence-electron chi connectivity index (χ2n) is 8.18. The van der Waals surface area contributed by atoms with Crippen LogP contribution in [0.15, 0.2) is 47.3 Å². The van der Waals surface area contributed by atoms with Crippen LogP contribution in [0, 0.1) is 23.5 Å². The summed E-state index contributed by atoms with van der Waals surface area (Å²) in [7, 11) is -4.41. The Labute approximate surface area is 188 Å². The highest BCUT2D eigenvalue weighted by atomic mass is 31.2. The van der Waals surface area contributed by atoms with Gasteiger partial charge in [-0.2, -0.15) is 5.11 Å². The quantitative estimate of drug-likeness (QED) is 0.0813. The average Bonchev–Trinajstić information content (AvgIpc) is 2.67. The number of carbonyl (C=O) groups is 1. The van der Waals surface area contributed by atoms with Crippen LogP contribution in [0.1, 0.15) is 39.7 Å². The first-order valence-electron chi connectivity index (χ1n) is 9.80. The predicted molar refractivity (Wildman–Crippen MR) is 119 cm³/mol. The fraction of sp³-hybridized carbons (Fsp3) is 0.476. The molecule has 1 rings (SSSR count). The highest BCUT2D eigenvalue weighted by Gasteiger charge is 2.39. The summed E-state index contributed by atoms with van der Waals surface area (Å²) in [4.78, 5) is 21.4. The van der Waals surface area contributed by atoms with E-state index in [2.05, 4.69) is 20.3 Å². The Bertz CT molecular complexity index is 880. The third-order valence-corrected chi connectivity index (χ3v) is 5.25. The van der Waals surface area contributed by atoms with Gasteiger partial charge in [0.25, 0.3) is 0 Å². The maximum absolute atomic E-state index is 11.8. The van der Waals surface area contributed by atoms with Gasteiger partial charge in [-0.25, -0.2) is 10.1 Å². The van der Waals surface area contributed by atoms with Crippen molar-refractivity contribution in [3.8, 4) is 12.5 Å². The van der Waals surface area contributed by atoms with Crippen LogP contribution in [0.2, 0.25) is 0 Å². The second kappa shape index (κ2) is 12.4. The minimum absolute atomic E-state index is 0.00620. The van der Waals surface area contributed by atoms with E-state index >= 15 is 0 Å². The van der Waals surface area contributed by atoms with Gasteiger partial charge < -0.3 is 14.6 Å². The van der Waals surface area contributed by atoms with Crippen molar-refractivity contribution in [3.05, 3.63) is 47.8 Å². The molecule has 0 radical (unpaired) electrons. The van der Waals surface area contributed by atoms with Gasteiger partial charge in [0.2, 0.25) is 0 Å². The van der Waals surface area contributed by atoms with Crippen LogP contribution in [0.25, 0.3) is 0 Å². The normalized spacial score (nSPS) is 14.1. The Morgan fingerprint density at radius 1 is 1.31 bits per heavy atom. The van der Waals surface area contributed by atoms with Crippen LogP contribution in [-0.2, 0) is 29.8 Å². The summed E-state index contributed by atoms with van der Waals surface area (Å²) in [6, 6.07) is 9.37. The Hall–Kier alpha value is -2.70. The number of nitrogens with zero attached hydrogens (tertiary/aromatic N) is 1. The summed E-state index contributed by atoms with van der Waals surface area (Å²) in [5.41, 5.74) is 6.95. The molecule has 0 aliphatic rings. The lowest BCUT2D eigenvalue weighted by atomic mass is 9.79. The molecule has 0 bridgehead atoms. The molecule has 0 spiro atoms. The van der Waals surface area contributed by atoms with E-state index in [-0.39, 0.29) is 26.2 Å². The number of carbonyl (C=O) groups excluding carboxylic acids is 1. The molecule has 0 heterocycles. The zero-order chi connectivity index (χ0) is 24.3. The molecular weight excluding hydrogens is 435 g/mol. The van der Waals surface area contributed by atoms with E-state index in [1.165, 1.54) is 6.20 Å². The molecule has 0 saturated carbocycles. The molecule has 4 N–H and O–H groups in total. The van der Waals surface area contributed by atoms with E-state index < -0.39 is 24.8 Å². The first-order chi connectivity index (χ1) is 14.9. The maximum Gasteiger partial charge on any atom is 0.536 e. The predicted octanol–water partition coefficient (Wildman–Crippen LogP) is 3.66. The van der Waals surface area contributed by atoms with Crippen LogP contribution >= 0.6 is 7.82 Å². The van der Waals surface area contributed by atoms with Crippen molar-refractivity contribution in [2.75, 3.05) is 13.2 Å². The number of hydrogen-bond acceptors (Lipinski definition) is 9. The molecule has 0 saturated heterocycles. The van der Waals surface area contributed by atoms with Gasteiger partial charge in [0.1, 0.15) is 12.7 Å². The number of phosphoric acid groups is 1. The van der Waals surface area contributed by atoms with Crippen molar-refractivity contribution in [2.24, 2.45) is 10.5 Å². The van der Waals surface area contributed by atoms with Crippen LogP contribution in [0.5, 0.6) is 0 Å². The molecule has 0 amide bonds. The summed E-state index contributed by atoms with van der Waals surface area (Å²) in [6.07, 6.45) is 8.30. The first-order valence-corrected chi connectivity index (χ1v) is 11.3. The molecule has 0 fully saturated rings. The minimum Gasteiger partial charge on any atom is -0.460 e. The fourth-order valence-electron chi connectivity index (χ4n) is 3.14. The molecule has 176 valence electrons. The third-order valence-electron chi connectivity index (χ3n) is 4.19. The monoisotopic (exact) mass is 466 g/mol. The lowest BCUT2D eigenvalue weighted by Gasteiger charge is -2.34. The molecule has 11 heteroatoms. The summed E-state index contributed by atoms with van der Waals surface area (Å²) < 4.78 is 26.4. The molecule has 1 atom stereocenters. The highest BCUT2D eigenvalue weighted by Crippen LogP contribution is 2.50. The van der Waals surface area contributed by atoms with Gasteiger partial charge in [-0.1, -0.05) is 50.6 Å². The van der Waals surface area contributed by atoms with Crippen LogP contribution in [0.4, 0.5) is 0 Å². The number of hydrogen-bond donors (Lipinski definition) is 4. The largest absolute Gasteiger partial charge is 0.536 e. The van der Waals surface area contributed by atoms with Crippen LogP contribution in [0.3, 0.4) is 0 Å². The van der Waals surface area contributed by atoms with Gasteiger partial charge in [-0.05, 0) is 25.8 Å². The first kappa shape index (κ1) is 27.3. The van der Waals surface area contributed by atoms with Crippen molar-refractivity contribution >= 4 is 13.8 Å². The van der Waals surface area contributed by atoms with Gasteiger partial charge >= 0.3 is 13.8 Å². The molecule has 0 aliphatic carbocycles. The topological polar surface area (TPSA) is 142 Å². The molecule has 32 heavy (non-hydrogen) atoms. The SMILES string of the molecule is C#COP(=O)(O)OC(C)(C)CC(C)(C)/C(=C/NCNCC(=O)OCc1ccccc1)N=N. The number of phosphoric ester groups is 1. The molecule has 1 aromatic carbocycles. The average molecular weight is 466 g/mol. The number of terminal acetylenes is 1. The van der Waals surface area contributed by atoms with Crippen LogP contribution in [-0.4, -0.2) is 29.7 Å². The fourth-order valence-corrected chi connectivity index (χ4v) is 4.00. The second-order valence-corrected chi connectivity index (χ2v) is 9.49. The molecule has 0 aliphatic heterocycles. The Balaban J connectivity index is 2.51. The molecule has 10 nitrogen and oxygen atoms in total. The summed E-state index contributed by atoms with van der Waals surface area (Å²) in [5, 5.41) is 9.37. The third kappa shape index (κ3) is 10.6. The smallest absolute Gasteiger partial charge is 0.460 e.